The van der Waals surface area contributed by atoms with Crippen molar-refractivity contribution in [2.75, 3.05) is 13.2 Å². The van der Waals surface area contributed by atoms with Crippen LogP contribution in [0, 0.1) is 0 Å². The molecule has 1 aliphatic rings. The van der Waals surface area contributed by atoms with Crippen LogP contribution in [0.5, 0.6) is 0 Å². The van der Waals surface area contributed by atoms with Crippen molar-refractivity contribution in [2.45, 2.75) is 58.4 Å². The number of hydrogen-bond donors (Lipinski definition) is 0. The molecule has 1 saturated heterocycles. The second-order valence-electron chi connectivity index (χ2n) is 7.21. The van der Waals surface area contributed by atoms with E-state index < -0.39 is 54.6 Å². The van der Waals surface area contributed by atoms with Gasteiger partial charge in [0.1, 0.15) is 12.7 Å². The van der Waals surface area contributed by atoms with Crippen LogP contribution >= 0.6 is 0 Å². The molecule has 1 aromatic rings. The van der Waals surface area contributed by atoms with Crippen molar-refractivity contribution < 1.29 is 47.6 Å². The van der Waals surface area contributed by atoms with Gasteiger partial charge in [0.25, 0.3) is 0 Å². The van der Waals surface area contributed by atoms with Gasteiger partial charge in [-0.05, 0) is 5.56 Å². The molecule has 0 unspecified atom stereocenters. The standard InChI is InChI=1S/C23H28O10/c1-14(24)29-13-19-20(30-15(2)25)21(31-16(3)26)22(32-17(4)27)23(33-19)28-12-8-11-18-9-6-5-7-10-18/h5-11,19-23H,12-13H2,1-4H3/b11-8+/t19-,20-,21+,22-,23-/m1/s1. The van der Waals surface area contributed by atoms with Crippen LogP contribution in [0.3, 0.4) is 0 Å². The number of carbonyl (C=O) groups excluding carboxylic acids is 4. The van der Waals surface area contributed by atoms with E-state index in [0.717, 1.165) is 19.4 Å². The number of benzene rings is 1. The molecule has 1 aromatic carbocycles. The first kappa shape index (κ1) is 26.0. The lowest BCUT2D eigenvalue weighted by molar-refractivity contribution is -0.305. The van der Waals surface area contributed by atoms with Gasteiger partial charge in [-0.25, -0.2) is 0 Å². The molecule has 180 valence electrons. The summed E-state index contributed by atoms with van der Waals surface area (Å²) in [5.41, 5.74) is 0.947. The molecule has 33 heavy (non-hydrogen) atoms. The van der Waals surface area contributed by atoms with Gasteiger partial charge in [0.15, 0.2) is 24.6 Å². The SMILES string of the molecule is CC(=O)OC[C@H]1O[C@@H](OC/C=C/c2ccccc2)[C@H](OC(C)=O)[C@@H](OC(C)=O)[C@@H]1OC(C)=O. The van der Waals surface area contributed by atoms with E-state index in [-0.39, 0.29) is 13.2 Å². The van der Waals surface area contributed by atoms with E-state index in [1.165, 1.54) is 13.8 Å². The quantitative estimate of drug-likeness (QED) is 0.395. The molecule has 10 nitrogen and oxygen atoms in total. The Hall–Kier alpha value is -3.24. The summed E-state index contributed by atoms with van der Waals surface area (Å²) in [5, 5.41) is 0. The summed E-state index contributed by atoms with van der Waals surface area (Å²) in [5.74, 6) is -2.67. The second-order valence-corrected chi connectivity index (χ2v) is 7.21. The van der Waals surface area contributed by atoms with Gasteiger partial charge in [-0.15, -0.1) is 0 Å². The summed E-state index contributed by atoms with van der Waals surface area (Å²) in [6, 6.07) is 9.49. The predicted molar refractivity (Wildman–Crippen MR) is 113 cm³/mol. The summed E-state index contributed by atoms with van der Waals surface area (Å²) >= 11 is 0. The molecule has 0 bridgehead atoms. The summed E-state index contributed by atoms with van der Waals surface area (Å²) in [7, 11) is 0. The molecule has 10 heteroatoms. The Bertz CT molecular complexity index is 850. The number of esters is 4. The van der Waals surface area contributed by atoms with E-state index in [4.69, 9.17) is 28.4 Å². The minimum Gasteiger partial charge on any atom is -0.463 e. The van der Waals surface area contributed by atoms with E-state index >= 15 is 0 Å². The average molecular weight is 464 g/mol. The fraction of sp³-hybridized carbons (Fsp3) is 0.478. The van der Waals surface area contributed by atoms with Crippen molar-refractivity contribution >= 4 is 30.0 Å². The van der Waals surface area contributed by atoms with Crippen molar-refractivity contribution in [1.29, 1.82) is 0 Å². The monoisotopic (exact) mass is 464 g/mol. The van der Waals surface area contributed by atoms with Gasteiger partial charge in [-0.2, -0.15) is 0 Å². The molecular weight excluding hydrogens is 436 g/mol. The molecule has 1 aliphatic heterocycles. The van der Waals surface area contributed by atoms with Crippen LogP contribution in [-0.2, 0) is 47.6 Å². The van der Waals surface area contributed by atoms with Gasteiger partial charge < -0.3 is 28.4 Å². The maximum atomic E-state index is 11.8. The molecule has 0 aromatic heterocycles. The Balaban J connectivity index is 2.28. The Labute approximate surface area is 191 Å². The smallest absolute Gasteiger partial charge is 0.303 e. The Morgan fingerprint density at radius 3 is 1.97 bits per heavy atom. The summed E-state index contributed by atoms with van der Waals surface area (Å²) in [6.45, 7) is 4.44. The van der Waals surface area contributed by atoms with Crippen LogP contribution in [-0.4, -0.2) is 67.8 Å². The first-order chi connectivity index (χ1) is 15.7. The van der Waals surface area contributed by atoms with Gasteiger partial charge in [0, 0.05) is 27.7 Å². The van der Waals surface area contributed by atoms with Gasteiger partial charge in [-0.3, -0.25) is 19.2 Å². The maximum absolute atomic E-state index is 11.8. The zero-order valence-electron chi connectivity index (χ0n) is 18.9. The van der Waals surface area contributed by atoms with Gasteiger partial charge in [-0.1, -0.05) is 42.5 Å². The number of hydrogen-bond acceptors (Lipinski definition) is 10. The average Bonchev–Trinajstić information content (AvgIpc) is 2.73. The normalized spacial score (nSPS) is 24.7. The number of carbonyl (C=O) groups is 4. The van der Waals surface area contributed by atoms with Gasteiger partial charge in [0.05, 0.1) is 6.61 Å². The molecular formula is C23H28O10. The molecule has 5 atom stereocenters. The second kappa shape index (κ2) is 12.7. The third-order valence-electron chi connectivity index (χ3n) is 4.41. The van der Waals surface area contributed by atoms with Crippen molar-refractivity contribution in [2.24, 2.45) is 0 Å². The van der Waals surface area contributed by atoms with Crippen LogP contribution in [0.1, 0.15) is 33.3 Å². The first-order valence-corrected chi connectivity index (χ1v) is 10.3. The first-order valence-electron chi connectivity index (χ1n) is 10.3. The lowest BCUT2D eigenvalue weighted by Gasteiger charge is -2.43. The highest BCUT2D eigenvalue weighted by Crippen LogP contribution is 2.30. The highest BCUT2D eigenvalue weighted by Gasteiger charge is 2.52. The van der Waals surface area contributed by atoms with Crippen molar-refractivity contribution in [3.05, 3.63) is 42.0 Å². The molecule has 1 fully saturated rings. The number of rotatable bonds is 9. The molecule has 1 heterocycles. The Kier molecular flexibility index (Phi) is 10.0. The number of ether oxygens (including phenoxy) is 6. The molecule has 0 saturated carbocycles. The summed E-state index contributed by atoms with van der Waals surface area (Å²) in [6.07, 6.45) is -2.41. The van der Waals surface area contributed by atoms with Gasteiger partial charge >= 0.3 is 23.9 Å². The maximum Gasteiger partial charge on any atom is 0.303 e. The van der Waals surface area contributed by atoms with E-state index in [9.17, 15) is 19.2 Å². The van der Waals surface area contributed by atoms with E-state index in [0.29, 0.717) is 0 Å². The summed E-state index contributed by atoms with van der Waals surface area (Å²) in [4.78, 5) is 46.6. The van der Waals surface area contributed by atoms with Crippen molar-refractivity contribution in [3.63, 3.8) is 0 Å². The van der Waals surface area contributed by atoms with Gasteiger partial charge in [0.2, 0.25) is 0 Å². The van der Waals surface area contributed by atoms with E-state index in [1.54, 1.807) is 6.08 Å². The Morgan fingerprint density at radius 1 is 0.818 bits per heavy atom. The summed E-state index contributed by atoms with van der Waals surface area (Å²) < 4.78 is 32.6. The molecule has 0 spiro atoms. The lowest BCUT2D eigenvalue weighted by Crippen LogP contribution is -2.62. The molecule has 0 aliphatic carbocycles. The zero-order chi connectivity index (χ0) is 24.4. The van der Waals surface area contributed by atoms with Crippen molar-refractivity contribution in [3.8, 4) is 0 Å². The molecule has 2 rings (SSSR count). The zero-order valence-corrected chi connectivity index (χ0v) is 18.9. The largest absolute Gasteiger partial charge is 0.463 e. The van der Waals surface area contributed by atoms with Crippen LogP contribution in [0.15, 0.2) is 36.4 Å². The highest BCUT2D eigenvalue weighted by atomic mass is 16.7. The van der Waals surface area contributed by atoms with Crippen LogP contribution in [0.4, 0.5) is 0 Å². The minimum absolute atomic E-state index is 0.0582. The molecule has 0 amide bonds. The minimum atomic E-state index is -1.26. The third-order valence-corrected chi connectivity index (χ3v) is 4.41. The highest BCUT2D eigenvalue weighted by molar-refractivity contribution is 5.68. The molecule has 0 radical (unpaired) electrons. The van der Waals surface area contributed by atoms with Crippen LogP contribution < -0.4 is 0 Å². The predicted octanol–water partition coefficient (Wildman–Crippen LogP) is 1.80. The fourth-order valence-corrected chi connectivity index (χ4v) is 3.22. The molecule has 0 N–H and O–H groups in total. The van der Waals surface area contributed by atoms with Crippen LogP contribution in [0.2, 0.25) is 0 Å². The van der Waals surface area contributed by atoms with Crippen LogP contribution in [0.25, 0.3) is 6.08 Å². The van der Waals surface area contributed by atoms with E-state index in [1.807, 2.05) is 36.4 Å². The third kappa shape index (κ3) is 8.66. The Morgan fingerprint density at radius 2 is 1.39 bits per heavy atom. The fourth-order valence-electron chi connectivity index (χ4n) is 3.22. The lowest BCUT2D eigenvalue weighted by atomic mass is 9.98. The van der Waals surface area contributed by atoms with Crippen molar-refractivity contribution in [1.82, 2.24) is 0 Å². The van der Waals surface area contributed by atoms with E-state index in [2.05, 4.69) is 0 Å². The topological polar surface area (TPSA) is 124 Å².